The van der Waals surface area contributed by atoms with Gasteiger partial charge in [-0.3, -0.25) is 0 Å². The molecule has 0 atom stereocenters. The van der Waals surface area contributed by atoms with Gasteiger partial charge in [0.2, 0.25) is 0 Å². The van der Waals surface area contributed by atoms with Crippen LogP contribution in [0.3, 0.4) is 0 Å². The molecule has 0 aliphatic heterocycles. The molecule has 20 heavy (non-hydrogen) atoms. The second-order valence-corrected chi connectivity index (χ2v) is 4.67. The third kappa shape index (κ3) is 4.40. The molecule has 0 aliphatic carbocycles. The molecule has 4 heteroatoms. The van der Waals surface area contributed by atoms with Crippen molar-refractivity contribution in [3.63, 3.8) is 0 Å². The molecule has 0 saturated carbocycles. The first kappa shape index (κ1) is 14.6. The van der Waals surface area contributed by atoms with E-state index in [9.17, 15) is 0 Å². The molecule has 2 rings (SSSR count). The lowest BCUT2D eigenvalue weighted by Crippen LogP contribution is -2.27. The lowest BCUT2D eigenvalue weighted by Gasteiger charge is -2.24. The quantitative estimate of drug-likeness (QED) is 0.752. The number of aliphatic hydroxyl groups excluding tert-OH is 1. The largest absolute Gasteiger partial charge is 0.467 e. The monoisotopic (exact) mass is 275 g/mol. The smallest absolute Gasteiger partial charge is 0.123 e. The van der Waals surface area contributed by atoms with Crippen LogP contribution in [-0.2, 0) is 11.3 Å². The van der Waals surface area contributed by atoms with Gasteiger partial charge in [-0.1, -0.05) is 17.7 Å². The summed E-state index contributed by atoms with van der Waals surface area (Å²) in [5, 5.41) is 8.73. The molecule has 0 aliphatic rings. The number of rotatable bonds is 8. The van der Waals surface area contributed by atoms with Gasteiger partial charge in [-0.25, -0.2) is 0 Å². The highest BCUT2D eigenvalue weighted by molar-refractivity contribution is 5.47. The van der Waals surface area contributed by atoms with Crippen LogP contribution in [0.4, 0.5) is 5.69 Å². The van der Waals surface area contributed by atoms with Gasteiger partial charge < -0.3 is 19.2 Å². The van der Waals surface area contributed by atoms with Crippen LogP contribution in [0.1, 0.15) is 11.3 Å². The van der Waals surface area contributed by atoms with E-state index < -0.39 is 0 Å². The van der Waals surface area contributed by atoms with Gasteiger partial charge in [0.05, 0.1) is 32.6 Å². The number of anilines is 1. The minimum Gasteiger partial charge on any atom is -0.467 e. The van der Waals surface area contributed by atoms with Crippen molar-refractivity contribution in [2.75, 3.05) is 31.3 Å². The van der Waals surface area contributed by atoms with E-state index in [1.807, 2.05) is 12.1 Å². The Balaban J connectivity index is 2.00. The van der Waals surface area contributed by atoms with E-state index in [2.05, 4.69) is 36.1 Å². The average Bonchev–Trinajstić information content (AvgIpc) is 2.96. The zero-order chi connectivity index (χ0) is 14.2. The maximum absolute atomic E-state index is 8.73. The topological polar surface area (TPSA) is 45.8 Å². The Bertz CT molecular complexity index is 479. The normalized spacial score (nSPS) is 10.7. The average molecular weight is 275 g/mol. The maximum atomic E-state index is 8.73. The summed E-state index contributed by atoms with van der Waals surface area (Å²) in [4.78, 5) is 2.20. The van der Waals surface area contributed by atoms with Gasteiger partial charge in [0, 0.05) is 12.2 Å². The van der Waals surface area contributed by atoms with Gasteiger partial charge in [-0.15, -0.1) is 0 Å². The Labute approximate surface area is 119 Å². The summed E-state index contributed by atoms with van der Waals surface area (Å²) in [5.74, 6) is 0.924. The third-order valence-corrected chi connectivity index (χ3v) is 3.07. The highest BCUT2D eigenvalue weighted by atomic mass is 16.5. The fourth-order valence-electron chi connectivity index (χ4n) is 1.99. The van der Waals surface area contributed by atoms with Crippen molar-refractivity contribution in [1.29, 1.82) is 0 Å². The van der Waals surface area contributed by atoms with Crippen LogP contribution in [0.5, 0.6) is 0 Å². The molecule has 0 amide bonds. The van der Waals surface area contributed by atoms with Gasteiger partial charge in [0.1, 0.15) is 5.76 Å². The highest BCUT2D eigenvalue weighted by Crippen LogP contribution is 2.18. The Hall–Kier alpha value is -1.78. The summed E-state index contributed by atoms with van der Waals surface area (Å²) >= 11 is 0. The molecular weight excluding hydrogens is 254 g/mol. The van der Waals surface area contributed by atoms with Crippen molar-refractivity contribution in [1.82, 2.24) is 0 Å². The van der Waals surface area contributed by atoms with E-state index in [0.29, 0.717) is 19.8 Å². The van der Waals surface area contributed by atoms with Crippen LogP contribution < -0.4 is 4.90 Å². The molecule has 1 aromatic carbocycles. The molecule has 0 unspecified atom stereocenters. The summed E-state index contributed by atoms with van der Waals surface area (Å²) in [5.41, 5.74) is 2.38. The Kier molecular flexibility index (Phi) is 5.65. The summed E-state index contributed by atoms with van der Waals surface area (Å²) in [6.07, 6.45) is 1.69. The van der Waals surface area contributed by atoms with Crippen molar-refractivity contribution in [2.45, 2.75) is 13.5 Å². The van der Waals surface area contributed by atoms with Crippen molar-refractivity contribution in [3.05, 3.63) is 54.0 Å². The second kappa shape index (κ2) is 7.72. The van der Waals surface area contributed by atoms with Gasteiger partial charge in [-0.2, -0.15) is 0 Å². The van der Waals surface area contributed by atoms with Crippen LogP contribution in [-0.4, -0.2) is 31.5 Å². The van der Waals surface area contributed by atoms with Gasteiger partial charge >= 0.3 is 0 Å². The Morgan fingerprint density at radius 2 is 1.95 bits per heavy atom. The van der Waals surface area contributed by atoms with Crippen LogP contribution in [0.2, 0.25) is 0 Å². The molecule has 4 nitrogen and oxygen atoms in total. The molecule has 0 spiro atoms. The molecule has 0 fully saturated rings. The number of aryl methyl sites for hydroxylation is 1. The van der Waals surface area contributed by atoms with Gasteiger partial charge in [0.25, 0.3) is 0 Å². The zero-order valence-electron chi connectivity index (χ0n) is 11.8. The third-order valence-electron chi connectivity index (χ3n) is 3.07. The van der Waals surface area contributed by atoms with Crippen LogP contribution in [0.25, 0.3) is 0 Å². The van der Waals surface area contributed by atoms with Crippen LogP contribution in [0, 0.1) is 6.92 Å². The fourth-order valence-corrected chi connectivity index (χ4v) is 1.99. The first-order valence-corrected chi connectivity index (χ1v) is 6.82. The van der Waals surface area contributed by atoms with E-state index in [-0.39, 0.29) is 6.61 Å². The molecule has 1 N–H and O–H groups in total. The predicted molar refractivity (Wildman–Crippen MR) is 78.8 cm³/mol. The van der Waals surface area contributed by atoms with Crippen LogP contribution >= 0.6 is 0 Å². The van der Waals surface area contributed by atoms with E-state index in [0.717, 1.165) is 18.0 Å². The van der Waals surface area contributed by atoms with E-state index in [4.69, 9.17) is 14.3 Å². The fraction of sp³-hybridized carbons (Fsp3) is 0.375. The van der Waals surface area contributed by atoms with Gasteiger partial charge in [0.15, 0.2) is 0 Å². The Morgan fingerprint density at radius 1 is 1.15 bits per heavy atom. The van der Waals surface area contributed by atoms with Crippen molar-refractivity contribution < 1.29 is 14.3 Å². The maximum Gasteiger partial charge on any atom is 0.123 e. The predicted octanol–water partition coefficient (Wildman–Crippen LogP) is 2.60. The van der Waals surface area contributed by atoms with Crippen molar-refractivity contribution >= 4 is 5.69 Å². The van der Waals surface area contributed by atoms with Crippen molar-refractivity contribution in [2.24, 2.45) is 0 Å². The van der Waals surface area contributed by atoms with E-state index in [1.165, 1.54) is 5.56 Å². The molecule has 1 aromatic heterocycles. The summed E-state index contributed by atoms with van der Waals surface area (Å²) < 4.78 is 10.8. The number of furan rings is 1. The van der Waals surface area contributed by atoms with Crippen LogP contribution in [0.15, 0.2) is 47.1 Å². The lowest BCUT2D eigenvalue weighted by atomic mass is 10.2. The van der Waals surface area contributed by atoms with Gasteiger partial charge in [-0.05, 0) is 31.2 Å². The first-order chi connectivity index (χ1) is 9.79. The second-order valence-electron chi connectivity index (χ2n) is 4.67. The number of hydrogen-bond acceptors (Lipinski definition) is 4. The van der Waals surface area contributed by atoms with E-state index >= 15 is 0 Å². The summed E-state index contributed by atoms with van der Waals surface area (Å²) in [6.45, 7) is 4.55. The lowest BCUT2D eigenvalue weighted by molar-refractivity contribution is 0.0964. The minimum absolute atomic E-state index is 0.0582. The molecular formula is C16H21NO3. The number of benzene rings is 1. The van der Waals surface area contributed by atoms with Crippen molar-refractivity contribution in [3.8, 4) is 0 Å². The SMILES string of the molecule is Cc1ccc(N(CCOCCO)Cc2ccco2)cc1. The molecule has 2 aromatic rings. The zero-order valence-corrected chi connectivity index (χ0v) is 11.8. The molecule has 0 bridgehead atoms. The number of ether oxygens (including phenoxy) is 1. The summed E-state index contributed by atoms with van der Waals surface area (Å²) in [6, 6.07) is 12.3. The number of nitrogens with zero attached hydrogens (tertiary/aromatic N) is 1. The molecule has 108 valence electrons. The molecule has 0 saturated heterocycles. The molecule has 0 radical (unpaired) electrons. The number of hydrogen-bond donors (Lipinski definition) is 1. The first-order valence-electron chi connectivity index (χ1n) is 6.82. The Morgan fingerprint density at radius 3 is 2.60 bits per heavy atom. The highest BCUT2D eigenvalue weighted by Gasteiger charge is 2.09. The standard InChI is InChI=1S/C16H21NO3/c1-14-4-6-15(7-5-14)17(8-11-19-12-9-18)13-16-3-2-10-20-16/h2-7,10,18H,8-9,11-13H2,1H3. The minimum atomic E-state index is 0.0582. The number of aliphatic hydroxyl groups is 1. The molecule has 1 heterocycles. The summed E-state index contributed by atoms with van der Waals surface area (Å²) in [7, 11) is 0. The van der Waals surface area contributed by atoms with E-state index in [1.54, 1.807) is 6.26 Å².